The van der Waals surface area contributed by atoms with E-state index in [1.165, 1.54) is 0 Å². The number of benzene rings is 1. The highest BCUT2D eigenvalue weighted by Crippen LogP contribution is 2.24. The van der Waals surface area contributed by atoms with E-state index in [1.807, 2.05) is 36.9 Å². The molecule has 0 unspecified atom stereocenters. The summed E-state index contributed by atoms with van der Waals surface area (Å²) in [5, 5.41) is 9.64. The fourth-order valence-electron chi connectivity index (χ4n) is 3.99. The van der Waals surface area contributed by atoms with E-state index in [1.54, 1.807) is 22.8 Å². The van der Waals surface area contributed by atoms with Gasteiger partial charge in [0.1, 0.15) is 11.3 Å². The van der Waals surface area contributed by atoms with Crippen molar-refractivity contribution in [1.29, 1.82) is 0 Å². The molecule has 1 aromatic carbocycles. The van der Waals surface area contributed by atoms with Gasteiger partial charge in [-0.2, -0.15) is 0 Å². The van der Waals surface area contributed by atoms with Gasteiger partial charge in [-0.1, -0.05) is 12.1 Å². The number of carbonyl (C=O) groups is 1. The van der Waals surface area contributed by atoms with Gasteiger partial charge in [0, 0.05) is 24.8 Å². The first-order chi connectivity index (χ1) is 13.0. The summed E-state index contributed by atoms with van der Waals surface area (Å²) >= 11 is 0. The van der Waals surface area contributed by atoms with Gasteiger partial charge in [-0.15, -0.1) is 0 Å². The van der Waals surface area contributed by atoms with Crippen LogP contribution < -0.4 is 5.56 Å². The molecule has 0 bridgehead atoms. The molecule has 1 amide bonds. The lowest BCUT2D eigenvalue weighted by atomic mass is 9.95. The van der Waals surface area contributed by atoms with E-state index in [0.717, 1.165) is 43.4 Å². The minimum Gasteiger partial charge on any atom is -0.508 e. The topological polar surface area (TPSA) is 62.5 Å². The average Bonchev–Trinajstić information content (AvgIpc) is 2.67. The average molecular weight is 368 g/mol. The number of aromatic hydroxyl groups is 1. The third-order valence-corrected chi connectivity index (χ3v) is 5.50. The third-order valence-electron chi connectivity index (χ3n) is 5.50. The molecular formula is C22H28N2O3. The van der Waals surface area contributed by atoms with Crippen LogP contribution in [0.1, 0.15) is 54.2 Å². The number of piperidine rings is 1. The number of nitrogens with zero attached hydrogens (tertiary/aromatic N) is 2. The summed E-state index contributed by atoms with van der Waals surface area (Å²) in [5.41, 5.74) is 2.02. The molecule has 1 aliphatic heterocycles. The molecule has 1 aliphatic rings. The van der Waals surface area contributed by atoms with Crippen molar-refractivity contribution in [2.45, 2.75) is 58.5 Å². The second-order valence-electron chi connectivity index (χ2n) is 7.29. The Morgan fingerprint density at radius 2 is 2.04 bits per heavy atom. The van der Waals surface area contributed by atoms with E-state index in [4.69, 9.17) is 0 Å². The molecular weight excluding hydrogens is 340 g/mol. The number of hydrogen-bond donors (Lipinski definition) is 1. The second-order valence-corrected chi connectivity index (χ2v) is 7.29. The Morgan fingerprint density at radius 1 is 1.22 bits per heavy atom. The van der Waals surface area contributed by atoms with Gasteiger partial charge in [0.15, 0.2) is 0 Å². The molecule has 2 aromatic rings. The zero-order valence-corrected chi connectivity index (χ0v) is 16.1. The molecule has 144 valence electrons. The quantitative estimate of drug-likeness (QED) is 0.878. The molecule has 0 aliphatic carbocycles. The summed E-state index contributed by atoms with van der Waals surface area (Å²) in [6.45, 7) is 5.06. The third kappa shape index (κ3) is 4.24. The van der Waals surface area contributed by atoms with Gasteiger partial charge < -0.3 is 14.6 Å². The Morgan fingerprint density at radius 3 is 2.78 bits per heavy atom. The maximum Gasteiger partial charge on any atom is 0.263 e. The Bertz CT molecular complexity index is 872. The first kappa shape index (κ1) is 19.2. The second kappa shape index (κ2) is 8.42. The van der Waals surface area contributed by atoms with Crippen LogP contribution in [-0.4, -0.2) is 33.1 Å². The Labute approximate surface area is 160 Å². The van der Waals surface area contributed by atoms with Gasteiger partial charge in [-0.3, -0.25) is 9.59 Å². The summed E-state index contributed by atoms with van der Waals surface area (Å²) in [5.74, 6) is 0.117. The van der Waals surface area contributed by atoms with Crippen molar-refractivity contribution in [3.05, 3.63) is 63.6 Å². The van der Waals surface area contributed by atoms with E-state index >= 15 is 0 Å². The number of pyridine rings is 1. The van der Waals surface area contributed by atoms with E-state index in [9.17, 15) is 14.7 Å². The first-order valence-electron chi connectivity index (χ1n) is 9.80. The van der Waals surface area contributed by atoms with Gasteiger partial charge in [-0.25, -0.2) is 0 Å². The highest BCUT2D eigenvalue weighted by molar-refractivity contribution is 5.94. The van der Waals surface area contributed by atoms with Gasteiger partial charge in [0.2, 0.25) is 0 Å². The van der Waals surface area contributed by atoms with E-state index in [0.29, 0.717) is 13.1 Å². The number of carbonyl (C=O) groups excluding carboxylic acids is 1. The normalized spacial score (nSPS) is 17.1. The number of aryl methyl sites for hydroxylation is 2. The molecule has 2 heterocycles. The molecule has 0 radical (unpaired) electrons. The minimum absolute atomic E-state index is 0.129. The summed E-state index contributed by atoms with van der Waals surface area (Å²) < 4.78 is 1.65. The van der Waals surface area contributed by atoms with Crippen molar-refractivity contribution < 1.29 is 9.90 Å². The van der Waals surface area contributed by atoms with E-state index in [-0.39, 0.29) is 28.8 Å². The predicted molar refractivity (Wildman–Crippen MR) is 106 cm³/mol. The van der Waals surface area contributed by atoms with Gasteiger partial charge in [-0.05, 0) is 75.8 Å². The summed E-state index contributed by atoms with van der Waals surface area (Å²) in [4.78, 5) is 27.8. The maximum absolute atomic E-state index is 13.1. The van der Waals surface area contributed by atoms with Crippen LogP contribution in [0.5, 0.6) is 5.75 Å². The Balaban J connectivity index is 1.79. The van der Waals surface area contributed by atoms with E-state index < -0.39 is 0 Å². The van der Waals surface area contributed by atoms with Crippen LogP contribution in [0.25, 0.3) is 0 Å². The lowest BCUT2D eigenvalue weighted by Gasteiger charge is -2.36. The minimum atomic E-state index is -0.195. The number of rotatable bonds is 5. The fraction of sp³-hybridized carbons (Fsp3) is 0.455. The van der Waals surface area contributed by atoms with E-state index in [2.05, 4.69) is 0 Å². The number of likely N-dealkylation sites (tertiary alicyclic amines) is 1. The van der Waals surface area contributed by atoms with Crippen LogP contribution in [0.2, 0.25) is 0 Å². The zero-order chi connectivity index (χ0) is 19.4. The van der Waals surface area contributed by atoms with Crippen molar-refractivity contribution in [2.75, 3.05) is 6.54 Å². The lowest BCUT2D eigenvalue weighted by Crippen LogP contribution is -2.46. The smallest absolute Gasteiger partial charge is 0.263 e. The van der Waals surface area contributed by atoms with Crippen molar-refractivity contribution in [1.82, 2.24) is 9.47 Å². The van der Waals surface area contributed by atoms with Crippen LogP contribution >= 0.6 is 0 Å². The first-order valence-corrected chi connectivity index (χ1v) is 9.80. The van der Waals surface area contributed by atoms with Crippen molar-refractivity contribution in [3.8, 4) is 5.75 Å². The Hall–Kier alpha value is -2.56. The lowest BCUT2D eigenvalue weighted by molar-refractivity contribution is 0.0599. The van der Waals surface area contributed by atoms with Crippen molar-refractivity contribution >= 4 is 5.91 Å². The molecule has 1 aromatic heterocycles. The molecule has 1 N–H and O–H groups in total. The standard InChI is InChI=1S/C22H28N2O3/c1-3-23-16(2)10-13-20(21(23)26)22(27)24-14-5-4-8-18(24)12-11-17-7-6-9-19(25)15-17/h6-7,9-10,13,15,18,25H,3-5,8,11-12,14H2,1-2H3/t18-/m0/s1. The predicted octanol–water partition coefficient (Wildman–Crippen LogP) is 3.51. The van der Waals surface area contributed by atoms with Crippen molar-refractivity contribution in [3.63, 3.8) is 0 Å². The van der Waals surface area contributed by atoms with Gasteiger partial charge in [0.05, 0.1) is 0 Å². The summed E-state index contributed by atoms with van der Waals surface area (Å²) in [6, 6.07) is 10.9. The van der Waals surface area contributed by atoms with Gasteiger partial charge in [0.25, 0.3) is 11.5 Å². The Kier molecular flexibility index (Phi) is 5.99. The molecule has 27 heavy (non-hydrogen) atoms. The van der Waals surface area contributed by atoms with Crippen LogP contribution in [0.3, 0.4) is 0 Å². The monoisotopic (exact) mass is 368 g/mol. The van der Waals surface area contributed by atoms with Gasteiger partial charge >= 0.3 is 0 Å². The molecule has 0 saturated carbocycles. The molecule has 3 rings (SSSR count). The van der Waals surface area contributed by atoms with Crippen LogP contribution in [0, 0.1) is 6.92 Å². The fourth-order valence-corrected chi connectivity index (χ4v) is 3.99. The van der Waals surface area contributed by atoms with Crippen molar-refractivity contribution in [2.24, 2.45) is 0 Å². The number of aromatic nitrogens is 1. The molecule has 1 saturated heterocycles. The molecule has 1 fully saturated rings. The largest absolute Gasteiger partial charge is 0.508 e. The maximum atomic E-state index is 13.1. The molecule has 5 nitrogen and oxygen atoms in total. The summed E-state index contributed by atoms with van der Waals surface area (Å²) in [6.07, 6.45) is 4.67. The highest BCUT2D eigenvalue weighted by atomic mass is 16.3. The number of amides is 1. The SMILES string of the molecule is CCn1c(C)ccc(C(=O)N2CCCC[C@H]2CCc2cccc(O)c2)c1=O. The highest BCUT2D eigenvalue weighted by Gasteiger charge is 2.29. The number of phenolic OH excluding ortho intramolecular Hbond substituents is 1. The summed E-state index contributed by atoms with van der Waals surface area (Å²) in [7, 11) is 0. The van der Waals surface area contributed by atoms with Crippen LogP contribution in [-0.2, 0) is 13.0 Å². The zero-order valence-electron chi connectivity index (χ0n) is 16.1. The number of phenols is 1. The molecule has 1 atom stereocenters. The van der Waals surface area contributed by atoms with Crippen LogP contribution in [0.15, 0.2) is 41.2 Å². The molecule has 5 heteroatoms. The van der Waals surface area contributed by atoms with Crippen LogP contribution in [0.4, 0.5) is 0 Å². The molecule has 0 spiro atoms. The number of hydrogen-bond acceptors (Lipinski definition) is 3.